The minimum Gasteiger partial charge on any atom is -0.348 e. The van der Waals surface area contributed by atoms with E-state index in [-0.39, 0.29) is 58.8 Å². The van der Waals surface area contributed by atoms with E-state index in [4.69, 9.17) is 0 Å². The molecule has 0 heterocycles. The number of nitrogens with one attached hydrogen (secondary N) is 2. The van der Waals surface area contributed by atoms with Gasteiger partial charge in [0.15, 0.2) is 0 Å². The number of hydrogen-bond donors (Lipinski definition) is 2. The number of carbonyl (C=O) groups is 7. The summed E-state index contributed by atoms with van der Waals surface area (Å²) in [5.74, 6) is 0.372. The number of Topliss-reactive ketones (excluding diaryl/α,β-unsaturated/α-hetero) is 5. The van der Waals surface area contributed by atoms with Gasteiger partial charge in [-0.2, -0.15) is 0 Å². The van der Waals surface area contributed by atoms with Gasteiger partial charge < -0.3 is 10.6 Å². The van der Waals surface area contributed by atoms with Crippen LogP contribution in [0, 0.1) is 53.2 Å². The molecule has 0 radical (unpaired) electrons. The molecule has 608 valence electrons. The van der Waals surface area contributed by atoms with Crippen molar-refractivity contribution in [3.05, 3.63) is 499 Å². The van der Waals surface area contributed by atoms with Crippen molar-refractivity contribution in [3.8, 4) is 0 Å². The third-order valence-electron chi connectivity index (χ3n) is 18.9. The highest BCUT2D eigenvalue weighted by molar-refractivity contribution is 5.94. The highest BCUT2D eigenvalue weighted by Crippen LogP contribution is 2.17. The molecule has 9 nitrogen and oxygen atoms in total. The monoisotopic (exact) mass is 1590 g/mol. The fraction of sp³-hybridized carbons (Fsp3) is 0.165. The molecule has 14 aromatic carbocycles. The summed E-state index contributed by atoms with van der Waals surface area (Å²) in [5.41, 5.74) is 19.8. The molecule has 0 saturated heterocycles. The Kier molecular flexibility index (Phi) is 39.2. The third kappa shape index (κ3) is 36.6. The Morgan fingerprint density at radius 2 is 0.425 bits per heavy atom. The van der Waals surface area contributed by atoms with Crippen LogP contribution in [0.5, 0.6) is 0 Å². The van der Waals surface area contributed by atoms with Gasteiger partial charge in [-0.1, -0.05) is 362 Å². The van der Waals surface area contributed by atoms with Crippen LogP contribution in [0.25, 0.3) is 0 Å². The summed E-state index contributed by atoms with van der Waals surface area (Å²) >= 11 is 0. The molecule has 0 spiro atoms. The molecule has 14 aromatic rings. The highest BCUT2D eigenvalue weighted by atomic mass is 19.1. The van der Waals surface area contributed by atoms with E-state index in [2.05, 4.69) is 24.5 Å². The molecule has 14 rings (SSSR count). The zero-order chi connectivity index (χ0) is 85.5. The predicted octanol–water partition coefficient (Wildman–Crippen LogP) is 22.6. The maximum Gasteiger partial charge on any atom is 0.251 e. The lowest BCUT2D eigenvalue weighted by Gasteiger charge is -2.05. The number of carbonyl (C=O) groups excluding carboxylic acids is 7. The van der Waals surface area contributed by atoms with Crippen LogP contribution in [0.3, 0.4) is 0 Å². The Hall–Kier alpha value is -13.8. The van der Waals surface area contributed by atoms with E-state index in [0.29, 0.717) is 93.1 Å². The van der Waals surface area contributed by atoms with Gasteiger partial charge >= 0.3 is 0 Å². The second-order valence-corrected chi connectivity index (χ2v) is 29.6. The first-order valence-corrected chi connectivity index (χ1v) is 40.3. The first kappa shape index (κ1) is 91.7. The van der Waals surface area contributed by atoms with E-state index >= 15 is 0 Å². The van der Waals surface area contributed by atoms with Crippen molar-refractivity contribution in [3.63, 3.8) is 0 Å². The van der Waals surface area contributed by atoms with Crippen LogP contribution in [0.2, 0.25) is 0 Å². The molecular formula is C109H106F2N2O7. The van der Waals surface area contributed by atoms with Crippen LogP contribution in [0.1, 0.15) is 121 Å². The van der Waals surface area contributed by atoms with E-state index in [1.165, 1.54) is 34.4 Å². The second-order valence-electron chi connectivity index (χ2n) is 29.6. The maximum atomic E-state index is 13.6. The van der Waals surface area contributed by atoms with Crippen LogP contribution in [0.15, 0.2) is 376 Å². The molecule has 2 amide bonds. The standard InChI is InChI=1S/2C16H15FO.2C16H16O.2C15H15NO.C15H14O/c1-12-9-14(7-8-16(12)17)11-15(18)10-13-5-3-2-4-6-13;1-12-7-8-14(16(17)9-12)11-15(18)10-13-5-3-2-4-6-13;2*1-13-7-9-15(10-8-13)12-16(17)11-14-5-3-2-4-6-14;2*1-12-7-9-13(10-8-12)11-16-15(17)14-5-3-2-4-6-14;16-15(11-13-7-3-1-4-8-13)12-14-9-5-2-6-10-14/h2*2-9H,10-11H2,1H3;2*2-10H,11-12H2,1H3;2*2-10H,11H2,1H3,(H,16,17);1-10H,11-12H2. The minimum absolute atomic E-state index is 0.0314. The van der Waals surface area contributed by atoms with Crippen LogP contribution < -0.4 is 10.6 Å². The number of halogens is 2. The third-order valence-corrected chi connectivity index (χ3v) is 18.9. The molecule has 0 bridgehead atoms. The average Bonchev–Trinajstić information content (AvgIpc) is 0.839. The van der Waals surface area contributed by atoms with Crippen molar-refractivity contribution >= 4 is 40.7 Å². The van der Waals surface area contributed by atoms with Crippen molar-refractivity contribution in [2.75, 3.05) is 0 Å². The average molecular weight is 1590 g/mol. The van der Waals surface area contributed by atoms with Gasteiger partial charge in [-0.25, -0.2) is 8.78 Å². The smallest absolute Gasteiger partial charge is 0.251 e. The molecule has 0 saturated carbocycles. The van der Waals surface area contributed by atoms with E-state index in [0.717, 1.165) is 66.8 Å². The van der Waals surface area contributed by atoms with Gasteiger partial charge in [0.25, 0.3) is 11.8 Å². The first-order chi connectivity index (χ1) is 58.1. The predicted molar refractivity (Wildman–Crippen MR) is 483 cm³/mol. The lowest BCUT2D eigenvalue weighted by Crippen LogP contribution is -2.22. The van der Waals surface area contributed by atoms with Crippen LogP contribution in [0.4, 0.5) is 8.78 Å². The van der Waals surface area contributed by atoms with Gasteiger partial charge in [-0.15, -0.1) is 0 Å². The number of amides is 2. The SMILES string of the molecule is Cc1cc(CC(=O)Cc2ccccc2)ccc1F.Cc1ccc(CC(=O)Cc2ccccc2)c(F)c1.Cc1ccc(CC(=O)Cc2ccccc2)cc1.Cc1ccc(CC(=O)Cc2ccccc2)cc1.Cc1ccc(CNC(=O)c2ccccc2)cc1.Cc1ccc(CNC(=O)c2ccccc2)cc1.O=C(Cc1ccccc1)Cc1ccccc1. The normalized spacial score (nSPS) is 10.1. The van der Waals surface area contributed by atoms with Crippen molar-refractivity contribution in [2.45, 2.75) is 119 Å². The Balaban J connectivity index is 0.000000174. The Morgan fingerprint density at radius 3 is 0.683 bits per heavy atom. The van der Waals surface area contributed by atoms with E-state index in [1.807, 2.05) is 367 Å². The van der Waals surface area contributed by atoms with Crippen LogP contribution in [-0.2, 0) is 101 Å². The number of hydrogen-bond acceptors (Lipinski definition) is 7. The molecule has 0 aliphatic rings. The molecule has 120 heavy (non-hydrogen) atoms. The van der Waals surface area contributed by atoms with Gasteiger partial charge in [0.1, 0.15) is 40.6 Å². The van der Waals surface area contributed by atoms with Crippen molar-refractivity contribution < 1.29 is 42.3 Å². The molecule has 0 aliphatic carbocycles. The molecule has 2 N–H and O–H groups in total. The molecule has 0 unspecified atom stereocenters. The van der Waals surface area contributed by atoms with E-state index in [1.54, 1.807) is 25.1 Å². The molecule has 0 atom stereocenters. The highest BCUT2D eigenvalue weighted by Gasteiger charge is 2.13. The minimum atomic E-state index is -0.295. The summed E-state index contributed by atoms with van der Waals surface area (Å²) < 4.78 is 26.7. The quantitative estimate of drug-likeness (QED) is 0.0549. The molecule has 0 aromatic heterocycles. The molecule has 11 heteroatoms. The van der Waals surface area contributed by atoms with Crippen LogP contribution in [-0.4, -0.2) is 40.7 Å². The number of benzene rings is 14. The number of ketones is 5. The van der Waals surface area contributed by atoms with Crippen molar-refractivity contribution in [1.29, 1.82) is 0 Å². The second kappa shape index (κ2) is 51.3. The van der Waals surface area contributed by atoms with E-state index in [9.17, 15) is 42.3 Å². The van der Waals surface area contributed by atoms with Gasteiger partial charge in [-0.05, 0) is 156 Å². The molecule has 0 fully saturated rings. The fourth-order valence-electron chi connectivity index (χ4n) is 12.3. The lowest BCUT2D eigenvalue weighted by molar-refractivity contribution is -0.118. The number of rotatable bonds is 26. The van der Waals surface area contributed by atoms with Crippen molar-refractivity contribution in [2.24, 2.45) is 0 Å². The van der Waals surface area contributed by atoms with Crippen molar-refractivity contribution in [1.82, 2.24) is 10.6 Å². The van der Waals surface area contributed by atoms with Gasteiger partial charge in [-0.3, -0.25) is 33.6 Å². The topological polar surface area (TPSA) is 144 Å². The zero-order valence-electron chi connectivity index (χ0n) is 69.4. The van der Waals surface area contributed by atoms with Gasteiger partial charge in [0.2, 0.25) is 0 Å². The summed E-state index contributed by atoms with van der Waals surface area (Å²) in [5, 5.41) is 5.79. The first-order valence-electron chi connectivity index (χ1n) is 40.3. The number of aryl methyl sites for hydroxylation is 6. The summed E-state index contributed by atoms with van der Waals surface area (Å²) in [4.78, 5) is 82.8. The lowest BCUT2D eigenvalue weighted by atomic mass is 10.0. The Labute approximate surface area is 707 Å². The van der Waals surface area contributed by atoms with E-state index < -0.39 is 0 Å². The largest absolute Gasteiger partial charge is 0.348 e. The summed E-state index contributed by atoms with van der Waals surface area (Å²) in [6, 6.07) is 120. The summed E-state index contributed by atoms with van der Waals surface area (Å²) in [6.45, 7) is 12.9. The fourth-order valence-corrected chi connectivity index (χ4v) is 12.3. The summed E-state index contributed by atoms with van der Waals surface area (Å²) in [7, 11) is 0. The summed E-state index contributed by atoms with van der Waals surface area (Å²) in [6.07, 6.45) is 4.43. The maximum absolute atomic E-state index is 13.6. The Bertz CT molecular complexity index is 5170. The molecular weight excluding hydrogens is 1490 g/mol. The van der Waals surface area contributed by atoms with Gasteiger partial charge in [0, 0.05) is 88.4 Å². The van der Waals surface area contributed by atoms with Crippen LogP contribution >= 0.6 is 0 Å². The van der Waals surface area contributed by atoms with Gasteiger partial charge in [0.05, 0.1) is 0 Å². The zero-order valence-corrected chi connectivity index (χ0v) is 69.4. The Morgan fingerprint density at radius 1 is 0.208 bits per heavy atom. The molecule has 0 aliphatic heterocycles.